The van der Waals surface area contributed by atoms with Crippen molar-refractivity contribution in [3.05, 3.63) is 34.3 Å². The molecule has 1 saturated heterocycles. The van der Waals surface area contributed by atoms with E-state index in [9.17, 15) is 4.79 Å². The number of piperidine rings is 1. The summed E-state index contributed by atoms with van der Waals surface area (Å²) in [4.78, 5) is 14.7. The van der Waals surface area contributed by atoms with Gasteiger partial charge >= 0.3 is 0 Å². The van der Waals surface area contributed by atoms with Crippen LogP contribution in [-0.4, -0.2) is 36.9 Å². The van der Waals surface area contributed by atoms with Crippen molar-refractivity contribution in [2.24, 2.45) is 11.7 Å². The Kier molecular flexibility index (Phi) is 4.92. The van der Waals surface area contributed by atoms with Gasteiger partial charge in [0.25, 0.3) is 0 Å². The van der Waals surface area contributed by atoms with Crippen LogP contribution in [0, 0.1) is 5.92 Å². The van der Waals surface area contributed by atoms with E-state index in [0.717, 1.165) is 42.5 Å². The Bertz CT molecular complexity index is 414. The van der Waals surface area contributed by atoms with Gasteiger partial charge in [-0.15, -0.1) is 0 Å². The molecular formula is C14H19BrN2O. The lowest BCUT2D eigenvalue weighted by atomic mass is 9.89. The summed E-state index contributed by atoms with van der Waals surface area (Å²) in [5.41, 5.74) is 6.36. The second kappa shape index (κ2) is 6.45. The van der Waals surface area contributed by atoms with Crippen molar-refractivity contribution in [1.29, 1.82) is 0 Å². The minimum atomic E-state index is 0.165. The lowest BCUT2D eigenvalue weighted by Gasteiger charge is -2.30. The molecule has 2 rings (SSSR count). The van der Waals surface area contributed by atoms with Crippen LogP contribution in [0.1, 0.15) is 23.2 Å². The Morgan fingerprint density at radius 3 is 2.61 bits per heavy atom. The molecule has 18 heavy (non-hydrogen) atoms. The molecule has 1 aliphatic rings. The number of nitrogens with zero attached hydrogens (tertiary/aromatic N) is 1. The van der Waals surface area contributed by atoms with Gasteiger partial charge in [-0.25, -0.2) is 0 Å². The molecule has 0 spiro atoms. The molecule has 98 valence electrons. The maximum atomic E-state index is 12.4. The Hall–Kier alpha value is -0.710. The Morgan fingerprint density at radius 1 is 1.33 bits per heavy atom. The third kappa shape index (κ3) is 3.19. The molecule has 1 heterocycles. The van der Waals surface area contributed by atoms with Crippen molar-refractivity contribution in [2.45, 2.75) is 12.8 Å². The summed E-state index contributed by atoms with van der Waals surface area (Å²) in [6, 6.07) is 7.68. The third-order valence-electron chi connectivity index (χ3n) is 3.54. The monoisotopic (exact) mass is 310 g/mol. The zero-order valence-electron chi connectivity index (χ0n) is 10.4. The average Bonchev–Trinajstić information content (AvgIpc) is 2.40. The number of halogens is 1. The largest absolute Gasteiger partial charge is 0.329 e. The first kappa shape index (κ1) is 13.7. The molecule has 1 fully saturated rings. The van der Waals surface area contributed by atoms with Crippen LogP contribution in [0.2, 0.25) is 0 Å². The first-order valence-corrected chi connectivity index (χ1v) is 7.23. The van der Waals surface area contributed by atoms with Gasteiger partial charge in [0.15, 0.2) is 5.78 Å². The summed E-state index contributed by atoms with van der Waals surface area (Å²) in [6.07, 6.45) is 1.89. The highest BCUT2D eigenvalue weighted by molar-refractivity contribution is 9.10. The molecule has 0 bridgehead atoms. The van der Waals surface area contributed by atoms with Gasteiger partial charge in [0.05, 0.1) is 0 Å². The van der Waals surface area contributed by atoms with Gasteiger partial charge in [0.1, 0.15) is 0 Å². The van der Waals surface area contributed by atoms with Crippen LogP contribution in [0.25, 0.3) is 0 Å². The molecule has 0 aromatic heterocycles. The molecule has 4 heteroatoms. The fourth-order valence-electron chi connectivity index (χ4n) is 2.48. The third-order valence-corrected chi connectivity index (χ3v) is 4.23. The van der Waals surface area contributed by atoms with Crippen molar-refractivity contribution in [1.82, 2.24) is 4.90 Å². The molecule has 0 amide bonds. The lowest BCUT2D eigenvalue weighted by molar-refractivity contribution is 0.0842. The van der Waals surface area contributed by atoms with E-state index in [4.69, 9.17) is 5.73 Å². The minimum Gasteiger partial charge on any atom is -0.329 e. The summed E-state index contributed by atoms with van der Waals surface area (Å²) in [5.74, 6) is 0.438. The fourth-order valence-corrected chi connectivity index (χ4v) is 2.96. The number of hydrogen-bond acceptors (Lipinski definition) is 3. The Balaban J connectivity index is 1.98. The van der Waals surface area contributed by atoms with Crippen molar-refractivity contribution in [3.8, 4) is 0 Å². The Morgan fingerprint density at radius 2 is 2.00 bits per heavy atom. The van der Waals surface area contributed by atoms with Gasteiger partial charge in [0, 0.05) is 29.0 Å². The number of carbonyl (C=O) groups is 1. The van der Waals surface area contributed by atoms with Gasteiger partial charge in [-0.1, -0.05) is 34.1 Å². The molecular weight excluding hydrogens is 292 g/mol. The SMILES string of the molecule is NCCN1CCC(C(=O)c2ccccc2Br)CC1. The van der Waals surface area contributed by atoms with Crippen LogP contribution in [-0.2, 0) is 0 Å². The number of likely N-dealkylation sites (tertiary alicyclic amines) is 1. The maximum Gasteiger partial charge on any atom is 0.167 e. The zero-order valence-corrected chi connectivity index (χ0v) is 12.0. The van der Waals surface area contributed by atoms with E-state index in [1.54, 1.807) is 0 Å². The molecule has 0 unspecified atom stereocenters. The molecule has 1 aromatic rings. The lowest BCUT2D eigenvalue weighted by Crippen LogP contribution is -2.39. The van der Waals surface area contributed by atoms with Crippen LogP contribution >= 0.6 is 15.9 Å². The van der Waals surface area contributed by atoms with Crippen molar-refractivity contribution < 1.29 is 4.79 Å². The molecule has 1 aliphatic heterocycles. The summed E-state index contributed by atoms with van der Waals surface area (Å²) < 4.78 is 0.902. The van der Waals surface area contributed by atoms with E-state index in [-0.39, 0.29) is 11.7 Å². The number of nitrogens with two attached hydrogens (primary N) is 1. The summed E-state index contributed by atoms with van der Waals surface area (Å²) in [6.45, 7) is 3.61. The molecule has 0 aliphatic carbocycles. The minimum absolute atomic E-state index is 0.165. The second-order valence-corrected chi connectivity index (χ2v) is 5.60. The van der Waals surface area contributed by atoms with E-state index in [1.165, 1.54) is 0 Å². The number of benzene rings is 1. The first-order chi connectivity index (χ1) is 8.72. The van der Waals surface area contributed by atoms with E-state index in [0.29, 0.717) is 6.54 Å². The van der Waals surface area contributed by atoms with Gasteiger partial charge in [-0.05, 0) is 32.0 Å². The standard InChI is InChI=1S/C14H19BrN2O/c15-13-4-2-1-3-12(13)14(18)11-5-8-17(9-6-11)10-7-16/h1-4,11H,5-10,16H2. The molecule has 0 radical (unpaired) electrons. The van der Waals surface area contributed by atoms with E-state index in [2.05, 4.69) is 20.8 Å². The number of ketones is 1. The van der Waals surface area contributed by atoms with E-state index < -0.39 is 0 Å². The van der Waals surface area contributed by atoms with Crippen LogP contribution < -0.4 is 5.73 Å². The van der Waals surface area contributed by atoms with Crippen molar-refractivity contribution in [3.63, 3.8) is 0 Å². The van der Waals surface area contributed by atoms with E-state index in [1.807, 2.05) is 24.3 Å². The van der Waals surface area contributed by atoms with Gasteiger partial charge in [-0.2, -0.15) is 0 Å². The molecule has 0 saturated carbocycles. The highest BCUT2D eigenvalue weighted by atomic mass is 79.9. The van der Waals surface area contributed by atoms with Crippen molar-refractivity contribution >= 4 is 21.7 Å². The molecule has 2 N–H and O–H groups in total. The van der Waals surface area contributed by atoms with Crippen molar-refractivity contribution in [2.75, 3.05) is 26.2 Å². The number of Topliss-reactive ketones (excluding diaryl/α,β-unsaturated/α-hetero) is 1. The predicted molar refractivity (Wildman–Crippen MR) is 76.7 cm³/mol. The average molecular weight is 311 g/mol. The Labute approximate surface area is 116 Å². The van der Waals surface area contributed by atoms with Crippen LogP contribution in [0.5, 0.6) is 0 Å². The quantitative estimate of drug-likeness (QED) is 0.868. The predicted octanol–water partition coefficient (Wildman–Crippen LogP) is 2.30. The molecule has 3 nitrogen and oxygen atoms in total. The maximum absolute atomic E-state index is 12.4. The number of rotatable bonds is 4. The molecule has 1 aromatic carbocycles. The van der Waals surface area contributed by atoms with Gasteiger partial charge < -0.3 is 10.6 Å². The topological polar surface area (TPSA) is 46.3 Å². The van der Waals surface area contributed by atoms with Crippen LogP contribution in [0.15, 0.2) is 28.7 Å². The summed E-state index contributed by atoms with van der Waals surface area (Å²) >= 11 is 3.45. The normalized spacial score (nSPS) is 17.9. The highest BCUT2D eigenvalue weighted by Gasteiger charge is 2.26. The van der Waals surface area contributed by atoms with E-state index >= 15 is 0 Å². The summed E-state index contributed by atoms with van der Waals surface area (Å²) in [7, 11) is 0. The first-order valence-electron chi connectivity index (χ1n) is 6.43. The molecule has 0 atom stereocenters. The zero-order chi connectivity index (χ0) is 13.0. The van der Waals surface area contributed by atoms with Crippen LogP contribution in [0.3, 0.4) is 0 Å². The smallest absolute Gasteiger partial charge is 0.167 e. The fraction of sp³-hybridized carbons (Fsp3) is 0.500. The number of carbonyl (C=O) groups excluding carboxylic acids is 1. The second-order valence-electron chi connectivity index (χ2n) is 4.75. The highest BCUT2D eigenvalue weighted by Crippen LogP contribution is 2.25. The number of hydrogen-bond donors (Lipinski definition) is 1. The summed E-state index contributed by atoms with van der Waals surface area (Å²) in [5, 5.41) is 0. The van der Waals surface area contributed by atoms with Gasteiger partial charge in [-0.3, -0.25) is 4.79 Å². The van der Waals surface area contributed by atoms with Gasteiger partial charge in [0.2, 0.25) is 0 Å². The van der Waals surface area contributed by atoms with Crippen LogP contribution in [0.4, 0.5) is 0 Å².